The summed E-state index contributed by atoms with van der Waals surface area (Å²) in [6.45, 7) is 0.380. The van der Waals surface area contributed by atoms with Crippen LogP contribution >= 0.6 is 11.6 Å². The lowest BCUT2D eigenvalue weighted by Crippen LogP contribution is -2.50. The lowest BCUT2D eigenvalue weighted by Gasteiger charge is -2.30. The lowest BCUT2D eigenvalue weighted by molar-refractivity contribution is -0.124. The van der Waals surface area contributed by atoms with Crippen molar-refractivity contribution in [1.82, 2.24) is 10.2 Å². The topological polar surface area (TPSA) is 69.6 Å². The minimum atomic E-state index is -1.03. The van der Waals surface area contributed by atoms with E-state index in [2.05, 4.69) is 5.32 Å². The summed E-state index contributed by atoms with van der Waals surface area (Å²) in [6, 6.07) is 4.83. The van der Waals surface area contributed by atoms with E-state index in [9.17, 15) is 14.7 Å². The first-order valence-electron chi connectivity index (χ1n) is 6.63. The summed E-state index contributed by atoms with van der Waals surface area (Å²) < 4.78 is 0. The van der Waals surface area contributed by atoms with Crippen molar-refractivity contribution in [2.45, 2.75) is 38.1 Å². The van der Waals surface area contributed by atoms with Crippen molar-refractivity contribution in [1.29, 1.82) is 0 Å². The first-order chi connectivity index (χ1) is 9.58. The highest BCUT2D eigenvalue weighted by Crippen LogP contribution is 2.32. The van der Waals surface area contributed by atoms with Crippen LogP contribution in [0.1, 0.15) is 35.2 Å². The van der Waals surface area contributed by atoms with Gasteiger partial charge in [-0.3, -0.25) is 9.59 Å². The van der Waals surface area contributed by atoms with E-state index in [1.165, 1.54) is 0 Å². The standard InChI is InChI=1S/C14H15ClN2O3/c15-10-4-1-3-8-9(10)7-17(14(8)20)11-5-2-6-12(18)16-13(11)19/h1,3-4,11,13,19H,2,5-7H2,(H,16,18)/t11-,13?/m0/s1. The Kier molecular flexibility index (Phi) is 3.40. The van der Waals surface area contributed by atoms with Crippen molar-refractivity contribution in [3.63, 3.8) is 0 Å². The van der Waals surface area contributed by atoms with E-state index in [4.69, 9.17) is 11.6 Å². The average Bonchev–Trinajstić information content (AvgIpc) is 2.64. The number of carbonyl (C=O) groups excluding carboxylic acids is 2. The van der Waals surface area contributed by atoms with Gasteiger partial charge in [-0.2, -0.15) is 0 Å². The molecule has 0 spiro atoms. The molecular formula is C14H15ClN2O3. The van der Waals surface area contributed by atoms with Gasteiger partial charge in [-0.05, 0) is 25.0 Å². The third-order valence-electron chi connectivity index (χ3n) is 3.92. The Morgan fingerprint density at radius 3 is 2.90 bits per heavy atom. The van der Waals surface area contributed by atoms with E-state index in [1.54, 1.807) is 23.1 Å². The van der Waals surface area contributed by atoms with Crippen LogP contribution in [-0.2, 0) is 11.3 Å². The minimum Gasteiger partial charge on any atom is -0.372 e. The molecule has 1 saturated heterocycles. The molecule has 2 atom stereocenters. The Bertz CT molecular complexity index is 576. The third-order valence-corrected chi connectivity index (χ3v) is 4.27. The van der Waals surface area contributed by atoms with Crippen LogP contribution in [0, 0.1) is 0 Å². The Hall–Kier alpha value is -1.59. The second-order valence-electron chi connectivity index (χ2n) is 5.17. The number of aliphatic hydroxyl groups excluding tert-OH is 1. The molecule has 0 saturated carbocycles. The fourth-order valence-electron chi connectivity index (χ4n) is 2.87. The quantitative estimate of drug-likeness (QED) is 0.820. The Labute approximate surface area is 121 Å². The zero-order valence-corrected chi connectivity index (χ0v) is 11.6. The van der Waals surface area contributed by atoms with Gasteiger partial charge >= 0.3 is 0 Å². The Balaban J connectivity index is 1.88. The number of amides is 2. The Morgan fingerprint density at radius 1 is 1.35 bits per heavy atom. The highest BCUT2D eigenvalue weighted by Gasteiger charge is 2.38. The van der Waals surface area contributed by atoms with E-state index < -0.39 is 12.3 Å². The molecule has 0 bridgehead atoms. The first kappa shape index (κ1) is 13.4. The van der Waals surface area contributed by atoms with Crippen LogP contribution < -0.4 is 5.32 Å². The van der Waals surface area contributed by atoms with Gasteiger partial charge in [0.15, 0.2) is 0 Å². The minimum absolute atomic E-state index is 0.136. The fraction of sp³-hybridized carbons (Fsp3) is 0.429. The van der Waals surface area contributed by atoms with Crippen LogP contribution in [-0.4, -0.2) is 34.1 Å². The van der Waals surface area contributed by atoms with Crippen LogP contribution in [0.2, 0.25) is 5.02 Å². The van der Waals surface area contributed by atoms with Gasteiger partial charge in [0.25, 0.3) is 5.91 Å². The van der Waals surface area contributed by atoms with Crippen LogP contribution in [0.25, 0.3) is 0 Å². The summed E-state index contributed by atoms with van der Waals surface area (Å²) in [5.41, 5.74) is 1.38. The molecule has 5 nitrogen and oxygen atoms in total. The molecular weight excluding hydrogens is 280 g/mol. The molecule has 2 amide bonds. The summed E-state index contributed by atoms with van der Waals surface area (Å²) in [6.07, 6.45) is 0.601. The molecule has 1 aromatic rings. The van der Waals surface area contributed by atoms with Crippen LogP contribution in [0.3, 0.4) is 0 Å². The molecule has 6 heteroatoms. The predicted molar refractivity (Wildman–Crippen MR) is 73.1 cm³/mol. The number of nitrogens with one attached hydrogen (secondary N) is 1. The highest BCUT2D eigenvalue weighted by atomic mass is 35.5. The molecule has 0 radical (unpaired) electrons. The maximum Gasteiger partial charge on any atom is 0.254 e. The van der Waals surface area contributed by atoms with Gasteiger partial charge in [0, 0.05) is 29.1 Å². The first-order valence-corrected chi connectivity index (χ1v) is 7.01. The molecule has 1 unspecified atom stereocenters. The van der Waals surface area contributed by atoms with E-state index in [1.807, 2.05) is 0 Å². The molecule has 3 rings (SSSR count). The number of hydrogen-bond acceptors (Lipinski definition) is 3. The molecule has 20 heavy (non-hydrogen) atoms. The summed E-state index contributed by atoms with van der Waals surface area (Å²) in [5, 5.41) is 13.2. The zero-order valence-electron chi connectivity index (χ0n) is 10.8. The third kappa shape index (κ3) is 2.17. The summed E-state index contributed by atoms with van der Waals surface area (Å²) >= 11 is 6.12. The number of carbonyl (C=O) groups is 2. The van der Waals surface area contributed by atoms with E-state index in [-0.39, 0.29) is 11.8 Å². The molecule has 0 aliphatic carbocycles. The Morgan fingerprint density at radius 2 is 2.15 bits per heavy atom. The van der Waals surface area contributed by atoms with Crippen molar-refractivity contribution >= 4 is 23.4 Å². The average molecular weight is 295 g/mol. The van der Waals surface area contributed by atoms with Crippen molar-refractivity contribution < 1.29 is 14.7 Å². The summed E-state index contributed by atoms with van der Waals surface area (Å²) in [7, 11) is 0. The van der Waals surface area contributed by atoms with Gasteiger partial charge in [0.2, 0.25) is 5.91 Å². The van der Waals surface area contributed by atoms with Crippen molar-refractivity contribution in [3.05, 3.63) is 34.3 Å². The molecule has 2 aliphatic rings. The normalized spacial score (nSPS) is 26.2. The van der Waals surface area contributed by atoms with Crippen LogP contribution in [0.5, 0.6) is 0 Å². The summed E-state index contributed by atoms with van der Waals surface area (Å²) in [5.74, 6) is -0.315. The molecule has 2 aliphatic heterocycles. The van der Waals surface area contributed by atoms with Crippen LogP contribution in [0.4, 0.5) is 0 Å². The number of hydrogen-bond donors (Lipinski definition) is 2. The number of benzene rings is 1. The van der Waals surface area contributed by atoms with E-state index in [0.717, 1.165) is 5.56 Å². The molecule has 2 heterocycles. The SMILES string of the molecule is O=C1CCC[C@H](N2Cc3c(Cl)cccc3C2=O)C(O)N1. The van der Waals surface area contributed by atoms with Gasteiger partial charge in [-0.15, -0.1) is 0 Å². The van der Waals surface area contributed by atoms with Crippen molar-refractivity contribution in [2.24, 2.45) is 0 Å². The van der Waals surface area contributed by atoms with Gasteiger partial charge in [-0.1, -0.05) is 17.7 Å². The monoisotopic (exact) mass is 294 g/mol. The molecule has 0 aromatic heterocycles. The predicted octanol–water partition coefficient (Wildman–Crippen LogP) is 1.28. The highest BCUT2D eigenvalue weighted by molar-refractivity contribution is 6.32. The van der Waals surface area contributed by atoms with Gasteiger partial charge in [0.1, 0.15) is 6.23 Å². The second-order valence-corrected chi connectivity index (χ2v) is 5.58. The number of halogens is 1. The fourth-order valence-corrected chi connectivity index (χ4v) is 3.11. The number of fused-ring (bicyclic) bond motifs is 1. The maximum atomic E-state index is 12.4. The molecule has 106 valence electrons. The largest absolute Gasteiger partial charge is 0.372 e. The second kappa shape index (κ2) is 5.07. The smallest absolute Gasteiger partial charge is 0.254 e. The van der Waals surface area contributed by atoms with Crippen molar-refractivity contribution in [2.75, 3.05) is 0 Å². The van der Waals surface area contributed by atoms with Gasteiger partial charge in [-0.25, -0.2) is 0 Å². The number of rotatable bonds is 1. The van der Waals surface area contributed by atoms with Gasteiger partial charge < -0.3 is 15.3 Å². The molecule has 1 fully saturated rings. The maximum absolute atomic E-state index is 12.4. The lowest BCUT2D eigenvalue weighted by atomic mass is 10.1. The zero-order chi connectivity index (χ0) is 14.3. The van der Waals surface area contributed by atoms with Crippen molar-refractivity contribution in [3.8, 4) is 0 Å². The van der Waals surface area contributed by atoms with Gasteiger partial charge in [0.05, 0.1) is 6.04 Å². The molecule has 2 N–H and O–H groups in total. The number of aliphatic hydroxyl groups is 1. The van der Waals surface area contributed by atoms with Crippen LogP contribution in [0.15, 0.2) is 18.2 Å². The number of nitrogens with zero attached hydrogens (tertiary/aromatic N) is 1. The van der Waals surface area contributed by atoms with E-state index in [0.29, 0.717) is 36.4 Å². The summed E-state index contributed by atoms with van der Waals surface area (Å²) in [4.78, 5) is 25.4. The van der Waals surface area contributed by atoms with E-state index >= 15 is 0 Å². The molecule has 1 aromatic carbocycles.